The van der Waals surface area contributed by atoms with Crippen LogP contribution in [0, 0.1) is 13.8 Å². The van der Waals surface area contributed by atoms with Crippen LogP contribution in [0.15, 0.2) is 230 Å². The second-order valence-corrected chi connectivity index (χ2v) is 28.3. The molecule has 0 aliphatic heterocycles. The van der Waals surface area contributed by atoms with Crippen molar-refractivity contribution in [2.24, 2.45) is 51.1 Å². The van der Waals surface area contributed by atoms with Crippen molar-refractivity contribution in [3.63, 3.8) is 0 Å². The maximum absolute atomic E-state index is 13.1. The smallest absolute Gasteiger partial charge is 0.425 e. The number of hydrogen-bond acceptors (Lipinski definition) is 37. The van der Waals surface area contributed by atoms with Crippen molar-refractivity contribution in [1.82, 2.24) is 0 Å². The van der Waals surface area contributed by atoms with Crippen LogP contribution in [0.2, 0.25) is 5.02 Å². The molecule has 11 aromatic rings. The molecule has 49 heteroatoms. The molecule has 40 nitrogen and oxygen atoms in total. The van der Waals surface area contributed by atoms with Crippen molar-refractivity contribution < 1.29 is 127 Å². The third-order valence-electron chi connectivity index (χ3n) is 14.2. The van der Waals surface area contributed by atoms with E-state index in [2.05, 4.69) is 56.5 Å². The fourth-order valence-electron chi connectivity index (χ4n) is 9.70. The lowest BCUT2D eigenvalue weighted by molar-refractivity contribution is 0.318. The number of ether oxygens (including phenoxy) is 1. The van der Waals surface area contributed by atoms with E-state index in [1.54, 1.807) is 73.7 Å². The highest BCUT2D eigenvalue weighted by Gasteiger charge is 2.25. The number of para-hydroxylation sites is 1. The van der Waals surface area contributed by atoms with Crippen LogP contribution in [0.1, 0.15) is 24.5 Å². The van der Waals surface area contributed by atoms with Gasteiger partial charge in [-0.15, -0.1) is 98.9 Å². The molecule has 0 saturated heterocycles. The molecule has 0 bridgehead atoms. The van der Waals surface area contributed by atoms with E-state index in [1.807, 2.05) is 50.2 Å². The van der Waals surface area contributed by atoms with Crippen molar-refractivity contribution in [1.29, 1.82) is 0 Å². The van der Waals surface area contributed by atoms with E-state index in [1.165, 1.54) is 30.3 Å². The van der Waals surface area contributed by atoms with Crippen LogP contribution in [0.3, 0.4) is 0 Å². The summed E-state index contributed by atoms with van der Waals surface area (Å²) in [6.07, 6.45) is 0.486. The number of anilines is 2. The molecule has 0 atom stereocenters. The predicted molar refractivity (Wildman–Crippen MR) is 394 cm³/mol. The van der Waals surface area contributed by atoms with Crippen molar-refractivity contribution >= 4 is 206 Å². The first-order chi connectivity index (χ1) is 52.5. The van der Waals surface area contributed by atoms with Gasteiger partial charge in [-0.05, 0) is 157 Å². The number of aromatic hydroxyl groups is 4. The number of aryl methyl sites for hydroxylation is 2. The molecule has 0 aliphatic carbocycles. The molecule has 0 radical (unpaired) electrons. The van der Waals surface area contributed by atoms with E-state index >= 15 is 0 Å². The van der Waals surface area contributed by atoms with Gasteiger partial charge in [0.05, 0.1) is 55.2 Å². The Labute approximate surface area is 642 Å². The lowest BCUT2D eigenvalue weighted by Gasteiger charge is -2.13. The van der Waals surface area contributed by atoms with Crippen molar-refractivity contribution in [3.05, 3.63) is 180 Å². The molecule has 0 spiro atoms. The number of azo groups is 5. The molecule has 0 amide bonds. The minimum absolute atomic E-state index is 0.00593. The Bertz CT molecular complexity index is 6500. The van der Waals surface area contributed by atoms with Gasteiger partial charge in [-0.3, -0.25) is 13.7 Å². The first-order valence-electron chi connectivity index (χ1n) is 29.8. The number of hydrogen-bond donors (Lipinski definition) is 8. The Balaban J connectivity index is 0.000000876. The summed E-state index contributed by atoms with van der Waals surface area (Å²) in [6.45, 7) is 5.32. The number of rotatable bonds is 18. The zero-order valence-corrected chi connectivity index (χ0v) is 63.5. The monoisotopic (exact) mass is 1710 g/mol. The lowest BCUT2D eigenvalue weighted by Crippen LogP contribution is -2.00. The molecule has 11 rings (SSSR count). The molecular weight excluding hydrogens is 1670 g/mol. The maximum Gasteiger partial charge on any atom is 0.425 e. The van der Waals surface area contributed by atoms with Gasteiger partial charge in [-0.2, -0.15) is 40.6 Å². The summed E-state index contributed by atoms with van der Waals surface area (Å²) >= 11 is 6.34. The zero-order valence-electron chi connectivity index (χ0n) is 56.2. The summed E-state index contributed by atoms with van der Waals surface area (Å²) in [4.78, 5) is -2.36. The molecule has 8 N–H and O–H groups in total. The molecule has 0 heterocycles. The van der Waals surface area contributed by atoms with Crippen molar-refractivity contribution in [2.45, 2.75) is 41.9 Å². The number of halogens is 1. The quantitative estimate of drug-likeness (QED) is 0.0292. The van der Waals surface area contributed by atoms with Gasteiger partial charge in [-0.25, -0.2) is 0 Å². The fourth-order valence-corrected chi connectivity index (χ4v) is 11.7. The van der Waals surface area contributed by atoms with E-state index in [-0.39, 0.29) is 85.2 Å². The average molecular weight is 1720 g/mol. The molecule has 11 aromatic carbocycles. The van der Waals surface area contributed by atoms with Crippen LogP contribution < -0.4 is 10.1 Å². The van der Waals surface area contributed by atoms with Gasteiger partial charge >= 0.3 is 53.0 Å². The van der Waals surface area contributed by atoms with E-state index in [4.69, 9.17) is 79.5 Å². The predicted octanol–water partition coefficient (Wildman–Crippen LogP) is 13.7. The fraction of sp³-hybridized carbons (Fsp3) is 0.0794. The van der Waals surface area contributed by atoms with Gasteiger partial charge in [0.2, 0.25) is 0 Å². The van der Waals surface area contributed by atoms with Crippen molar-refractivity contribution in [3.8, 4) is 28.7 Å². The number of phenolic OH excluding ortho intramolecular Hbond substituents is 4. The summed E-state index contributed by atoms with van der Waals surface area (Å²) in [6, 6.07) is 41.0. The van der Waals surface area contributed by atoms with E-state index < -0.39 is 115 Å². The average Bonchev–Trinajstić information content (AvgIpc) is 0.436. The summed E-state index contributed by atoms with van der Waals surface area (Å²) in [7, 11) is -30.5. The number of fused-ring (bicyclic) bond motifs is 4. The van der Waals surface area contributed by atoms with Gasteiger partial charge in [0.15, 0.2) is 17.2 Å². The minimum atomic E-state index is -5.15. The van der Waals surface area contributed by atoms with Gasteiger partial charge in [0, 0.05) is 39.4 Å². The molecule has 0 saturated carbocycles. The third kappa shape index (κ3) is 25.2. The van der Waals surface area contributed by atoms with Crippen LogP contribution >= 0.6 is 11.6 Å². The first-order valence-corrected chi connectivity index (χ1v) is 39.5. The van der Waals surface area contributed by atoms with E-state index in [0.717, 1.165) is 29.8 Å². The first kappa shape index (κ1) is 88.3. The van der Waals surface area contributed by atoms with Crippen LogP contribution in [-0.4, -0.2) is 129 Å². The normalized spacial score (nSPS) is 11.4. The Morgan fingerprint density at radius 2 is 0.884 bits per heavy atom. The SMILES string of the molecule is CCCOc1cc(N=Nc2cc(S(=O)(=O)O)cc3cc(S(=O)(=O)O)cc(O)c23)c(C)cc1N=Nc1c(S(=O)(=O)O)cc2cc(N=Nc3c(Nc4ccccc4)ccc4c(O)c(N=Nc5ccc6ccc(N=Nc7c(C)cccc7Cl)c(O)c6c5)ccc34)ccc2c1O.O=S(=O)=O.O=S(=O)=O.O=S(=O)=O.O=S(=O)=O.O=S(=O)=O. The summed E-state index contributed by atoms with van der Waals surface area (Å²) in [5.41, 5.74) is 2.88. The molecule has 0 fully saturated rings. The van der Waals surface area contributed by atoms with Gasteiger partial charge in [0.25, 0.3) is 30.4 Å². The molecule has 112 heavy (non-hydrogen) atoms. The molecule has 0 unspecified atom stereocenters. The number of nitrogens with one attached hydrogen (secondary N) is 1. The van der Waals surface area contributed by atoms with Gasteiger partial charge in [0.1, 0.15) is 50.5 Å². The van der Waals surface area contributed by atoms with Crippen LogP contribution in [0.5, 0.6) is 28.7 Å². The summed E-state index contributed by atoms with van der Waals surface area (Å²) < 4.78 is 237. The molecule has 0 aliphatic rings. The number of nitrogens with zero attached hydrogens (tertiary/aromatic N) is 10. The summed E-state index contributed by atoms with van der Waals surface area (Å²) in [5, 5.41) is 94.0. The highest BCUT2D eigenvalue weighted by Crippen LogP contribution is 2.48. The lowest BCUT2D eigenvalue weighted by atomic mass is 10.0. The summed E-state index contributed by atoms with van der Waals surface area (Å²) in [5.74, 6) is -1.81. The van der Waals surface area contributed by atoms with E-state index in [0.29, 0.717) is 67.4 Å². The Morgan fingerprint density at radius 1 is 0.393 bits per heavy atom. The second-order valence-electron chi connectivity index (χ2n) is 21.6. The third-order valence-corrected chi connectivity index (χ3v) is 17.1. The van der Waals surface area contributed by atoms with E-state index in [9.17, 15) is 59.3 Å². The van der Waals surface area contributed by atoms with Gasteiger partial charge < -0.3 is 30.5 Å². The minimum Gasteiger partial charge on any atom is -0.507 e. The van der Waals surface area contributed by atoms with Crippen LogP contribution in [0.4, 0.5) is 68.2 Å². The maximum atomic E-state index is 13.1. The highest BCUT2D eigenvalue weighted by atomic mass is 35.5. The molecule has 584 valence electrons. The standard InChI is InChI=1S/C63H48ClN11O14S3.5O3S/c1-4-23-89-55-32-51(70-72-53-30-41(90(80,81)82)26-37-27-42(91(83,84)85)31-54(76)57(37)53)34(3)24-52(55)71-75-60-56(92(86,87)88)28-36-25-39(16-17-43(36)63(60)79)67-74-59-44-18-22-50(61(77)45(44)19-21-48(59)65-38-10-6-5-7-11-38)68-66-40-15-13-35-14-20-49(62(78)46(35)29-40)69-73-58-33(2)9-8-12-47(58)64;5*1-4(2)3/h5-22,24-32,65,76-79H,4,23H2,1-3H3,(H,80,81,82)(H,83,84,85)(H,86,87,88);;;;;. The highest BCUT2D eigenvalue weighted by molar-refractivity contribution is 7.86. The zero-order chi connectivity index (χ0) is 83.3. The largest absolute Gasteiger partial charge is 0.507 e. The topological polar surface area (TPSA) is 645 Å². The van der Waals surface area contributed by atoms with Gasteiger partial charge in [-0.1, -0.05) is 61.0 Å². The van der Waals surface area contributed by atoms with Crippen molar-refractivity contribution in [2.75, 3.05) is 11.9 Å². The number of benzene rings is 11. The Morgan fingerprint density at radius 3 is 1.47 bits per heavy atom. The van der Waals surface area contributed by atoms with Crippen LogP contribution in [-0.2, 0) is 83.4 Å². The number of phenols is 4. The Hall–Kier alpha value is -12.6. The Kier molecular flexibility index (Phi) is 30.9. The second kappa shape index (κ2) is 39.1. The molecule has 0 aromatic heterocycles. The van der Waals surface area contributed by atoms with Crippen LogP contribution in [0.25, 0.3) is 43.1 Å². The molecular formula is C63H48ClN11O29S8.